The van der Waals surface area contributed by atoms with Gasteiger partial charge in [-0.15, -0.1) is 0 Å². The van der Waals surface area contributed by atoms with Crippen molar-refractivity contribution in [2.45, 2.75) is 12.5 Å². The highest BCUT2D eigenvalue weighted by Crippen LogP contribution is 2.39. The highest BCUT2D eigenvalue weighted by atomic mass is 35.5. The second kappa shape index (κ2) is 8.37. The smallest absolute Gasteiger partial charge is 0.295 e. The number of methoxy groups -OCH3 is 1. The van der Waals surface area contributed by atoms with Gasteiger partial charge >= 0.3 is 0 Å². The summed E-state index contributed by atoms with van der Waals surface area (Å²) in [4.78, 5) is 26.9. The molecule has 1 aliphatic rings. The van der Waals surface area contributed by atoms with Crippen molar-refractivity contribution in [1.29, 1.82) is 0 Å². The molecule has 0 radical (unpaired) electrons. The van der Waals surface area contributed by atoms with Crippen molar-refractivity contribution in [2.75, 3.05) is 20.3 Å². The number of ether oxygens (including phenoxy) is 1. The number of hydrogen-bond donors (Lipinski definition) is 1. The van der Waals surface area contributed by atoms with Crippen molar-refractivity contribution in [1.82, 2.24) is 4.90 Å². The van der Waals surface area contributed by atoms with E-state index in [2.05, 4.69) is 0 Å². The normalized spacial score (nSPS) is 18.9. The molecule has 1 amide bonds. The molecule has 1 saturated heterocycles. The third kappa shape index (κ3) is 3.89. The summed E-state index contributed by atoms with van der Waals surface area (Å²) in [6.07, 6.45) is 0.582. The lowest BCUT2D eigenvalue weighted by atomic mass is 9.95. The number of aliphatic hydroxyl groups excluding tert-OH is 1. The second-order valence-electron chi connectivity index (χ2n) is 6.26. The lowest BCUT2D eigenvalue weighted by Gasteiger charge is -2.25. The van der Waals surface area contributed by atoms with Crippen LogP contribution in [0.2, 0.25) is 5.02 Å². The van der Waals surface area contributed by atoms with E-state index in [1.54, 1.807) is 55.6 Å². The maximum Gasteiger partial charge on any atom is 0.295 e. The fourth-order valence-electron chi connectivity index (χ4n) is 3.23. The van der Waals surface area contributed by atoms with Crippen LogP contribution in [0.4, 0.5) is 0 Å². The van der Waals surface area contributed by atoms with Crippen LogP contribution in [0, 0.1) is 0 Å². The zero-order chi connectivity index (χ0) is 19.4. The zero-order valence-corrected chi connectivity index (χ0v) is 15.6. The first-order chi connectivity index (χ1) is 13.0. The summed E-state index contributed by atoms with van der Waals surface area (Å²) in [7, 11) is 1.58. The number of benzene rings is 2. The third-order valence-electron chi connectivity index (χ3n) is 4.52. The molecule has 2 aromatic rings. The van der Waals surface area contributed by atoms with Crippen LogP contribution in [0.3, 0.4) is 0 Å². The van der Waals surface area contributed by atoms with Gasteiger partial charge in [0.05, 0.1) is 11.6 Å². The quantitative estimate of drug-likeness (QED) is 0.355. The highest BCUT2D eigenvalue weighted by molar-refractivity contribution is 6.46. The topological polar surface area (TPSA) is 66.8 Å². The van der Waals surface area contributed by atoms with E-state index in [1.165, 1.54) is 4.90 Å². The molecule has 2 aromatic carbocycles. The van der Waals surface area contributed by atoms with Gasteiger partial charge in [0, 0.05) is 30.8 Å². The third-order valence-corrected chi connectivity index (χ3v) is 4.77. The largest absolute Gasteiger partial charge is 0.507 e. The summed E-state index contributed by atoms with van der Waals surface area (Å²) < 4.78 is 5.06. The van der Waals surface area contributed by atoms with E-state index in [9.17, 15) is 14.7 Å². The van der Waals surface area contributed by atoms with Crippen LogP contribution in [0.15, 0.2) is 60.2 Å². The SMILES string of the molecule is COCCCN1C(=O)C(=O)C(=C(O)c2ccccc2)[C@H]1c1ccc(Cl)cc1. The van der Waals surface area contributed by atoms with E-state index >= 15 is 0 Å². The number of carbonyl (C=O) groups is 2. The predicted octanol–water partition coefficient (Wildman–Crippen LogP) is 3.80. The molecular formula is C21H20ClNO4. The molecular weight excluding hydrogens is 366 g/mol. The molecule has 5 nitrogen and oxygen atoms in total. The molecule has 3 rings (SSSR count). The fourth-order valence-corrected chi connectivity index (χ4v) is 3.36. The molecule has 0 saturated carbocycles. The number of halogens is 1. The van der Waals surface area contributed by atoms with Crippen LogP contribution in [0.25, 0.3) is 5.76 Å². The van der Waals surface area contributed by atoms with Crippen LogP contribution < -0.4 is 0 Å². The molecule has 0 spiro atoms. The first-order valence-corrected chi connectivity index (χ1v) is 9.00. The number of aliphatic hydroxyl groups is 1. The number of Topliss-reactive ketones (excluding diaryl/α,β-unsaturated/α-hetero) is 1. The molecule has 0 aliphatic carbocycles. The minimum absolute atomic E-state index is 0.0888. The monoisotopic (exact) mass is 385 g/mol. The number of amides is 1. The Balaban J connectivity index is 2.10. The van der Waals surface area contributed by atoms with Gasteiger partial charge in [-0.1, -0.05) is 54.1 Å². The van der Waals surface area contributed by atoms with Gasteiger partial charge in [-0.2, -0.15) is 0 Å². The van der Waals surface area contributed by atoms with Gasteiger partial charge in [-0.05, 0) is 24.1 Å². The van der Waals surface area contributed by atoms with Gasteiger partial charge in [0.1, 0.15) is 5.76 Å². The molecule has 1 aliphatic heterocycles. The van der Waals surface area contributed by atoms with Crippen LogP contribution in [0.1, 0.15) is 23.6 Å². The lowest BCUT2D eigenvalue weighted by Crippen LogP contribution is -2.31. The Bertz CT molecular complexity index is 862. The molecule has 1 atom stereocenters. The van der Waals surface area contributed by atoms with Crippen molar-refractivity contribution in [2.24, 2.45) is 0 Å². The molecule has 0 bridgehead atoms. The van der Waals surface area contributed by atoms with Gasteiger partial charge in [-0.25, -0.2) is 0 Å². The summed E-state index contributed by atoms with van der Waals surface area (Å²) in [5, 5.41) is 11.4. The van der Waals surface area contributed by atoms with Crippen molar-refractivity contribution < 1.29 is 19.4 Å². The van der Waals surface area contributed by atoms with Crippen LogP contribution >= 0.6 is 11.6 Å². The van der Waals surface area contributed by atoms with E-state index < -0.39 is 17.7 Å². The lowest BCUT2D eigenvalue weighted by molar-refractivity contribution is -0.140. The predicted molar refractivity (Wildman–Crippen MR) is 103 cm³/mol. The molecule has 1 fully saturated rings. The van der Waals surface area contributed by atoms with E-state index in [0.717, 1.165) is 0 Å². The van der Waals surface area contributed by atoms with Crippen molar-refractivity contribution in [3.63, 3.8) is 0 Å². The molecule has 0 aromatic heterocycles. The Morgan fingerprint density at radius 3 is 2.41 bits per heavy atom. The first kappa shape index (κ1) is 19.1. The Kier molecular flexibility index (Phi) is 5.94. The van der Waals surface area contributed by atoms with Crippen LogP contribution in [-0.4, -0.2) is 42.0 Å². The van der Waals surface area contributed by atoms with E-state index in [0.29, 0.717) is 35.7 Å². The van der Waals surface area contributed by atoms with E-state index in [-0.39, 0.29) is 11.3 Å². The molecule has 1 heterocycles. The zero-order valence-electron chi connectivity index (χ0n) is 14.9. The average molecular weight is 386 g/mol. The summed E-state index contributed by atoms with van der Waals surface area (Å²) in [5.41, 5.74) is 1.30. The molecule has 0 unspecified atom stereocenters. The maximum atomic E-state index is 12.7. The molecule has 140 valence electrons. The summed E-state index contributed by atoms with van der Waals surface area (Å²) >= 11 is 5.98. The molecule has 1 N–H and O–H groups in total. The van der Waals surface area contributed by atoms with Gasteiger partial charge in [0.2, 0.25) is 0 Å². The minimum atomic E-state index is -0.686. The van der Waals surface area contributed by atoms with Gasteiger partial charge < -0.3 is 14.7 Å². The minimum Gasteiger partial charge on any atom is -0.507 e. The fraction of sp³-hybridized carbons (Fsp3) is 0.238. The number of rotatable bonds is 6. The van der Waals surface area contributed by atoms with Crippen molar-refractivity contribution in [3.8, 4) is 0 Å². The summed E-state index contributed by atoms with van der Waals surface area (Å²) in [5.74, 6) is -1.49. The Labute approximate surface area is 162 Å². The number of likely N-dealkylation sites (tertiary alicyclic amines) is 1. The number of ketones is 1. The maximum absolute atomic E-state index is 12.7. The van der Waals surface area contributed by atoms with E-state index in [4.69, 9.17) is 16.3 Å². The Morgan fingerprint density at radius 1 is 1.11 bits per heavy atom. The van der Waals surface area contributed by atoms with Crippen molar-refractivity contribution >= 4 is 29.1 Å². The Hall–Kier alpha value is -2.63. The van der Waals surface area contributed by atoms with E-state index in [1.807, 2.05) is 6.07 Å². The average Bonchev–Trinajstić information content (AvgIpc) is 2.94. The van der Waals surface area contributed by atoms with Gasteiger partial charge in [0.25, 0.3) is 11.7 Å². The van der Waals surface area contributed by atoms with Crippen molar-refractivity contribution in [3.05, 3.63) is 76.3 Å². The van der Waals surface area contributed by atoms with Gasteiger partial charge in [-0.3, -0.25) is 9.59 Å². The van der Waals surface area contributed by atoms with Crippen LogP contribution in [0.5, 0.6) is 0 Å². The summed E-state index contributed by atoms with van der Waals surface area (Å²) in [6, 6.07) is 15.0. The van der Waals surface area contributed by atoms with Gasteiger partial charge in [0.15, 0.2) is 0 Å². The number of carbonyl (C=O) groups excluding carboxylic acids is 2. The first-order valence-electron chi connectivity index (χ1n) is 8.63. The molecule has 6 heteroatoms. The highest BCUT2D eigenvalue weighted by Gasteiger charge is 2.45. The Morgan fingerprint density at radius 2 is 1.78 bits per heavy atom. The molecule has 27 heavy (non-hydrogen) atoms. The second-order valence-corrected chi connectivity index (χ2v) is 6.69. The summed E-state index contributed by atoms with van der Waals surface area (Å²) in [6.45, 7) is 0.812. The number of hydrogen-bond acceptors (Lipinski definition) is 4. The standard InChI is InChI=1S/C21H20ClNO4/c1-27-13-5-12-23-18(14-8-10-16(22)11-9-14)17(20(25)21(23)26)19(24)15-6-3-2-4-7-15/h2-4,6-11,18,24H,5,12-13H2,1H3/t18-/m1/s1. The number of nitrogens with zero attached hydrogens (tertiary/aromatic N) is 1. The van der Waals surface area contributed by atoms with Crippen LogP contribution in [-0.2, 0) is 14.3 Å².